The van der Waals surface area contributed by atoms with Crippen molar-refractivity contribution in [2.75, 3.05) is 12.9 Å². The Hall–Kier alpha value is -3.50. The lowest BCUT2D eigenvalue weighted by molar-refractivity contribution is -0.133. The van der Waals surface area contributed by atoms with Gasteiger partial charge < -0.3 is 14.3 Å². The van der Waals surface area contributed by atoms with E-state index < -0.39 is 5.97 Å². The molecule has 0 bridgehead atoms. The molecule has 2 heterocycles. The molecule has 0 amide bonds. The van der Waals surface area contributed by atoms with E-state index in [-0.39, 0.29) is 5.75 Å². The lowest BCUT2D eigenvalue weighted by Gasteiger charge is -2.02. The number of benzene rings is 2. The van der Waals surface area contributed by atoms with Gasteiger partial charge in [0, 0.05) is 12.0 Å². The van der Waals surface area contributed by atoms with Crippen LogP contribution in [0, 0.1) is 11.8 Å². The minimum absolute atomic E-state index is 0.0327. The van der Waals surface area contributed by atoms with E-state index in [0.717, 1.165) is 22.1 Å². The molecule has 0 radical (unpaired) electrons. The smallest absolute Gasteiger partial charge is 0.313 e. The van der Waals surface area contributed by atoms with Gasteiger partial charge in [-0.3, -0.25) is 4.79 Å². The molecular formula is C22H16N2O4S. The molecule has 0 spiro atoms. The summed E-state index contributed by atoms with van der Waals surface area (Å²) in [6.07, 6.45) is 0.465. The van der Waals surface area contributed by atoms with Gasteiger partial charge in [0.25, 0.3) is 0 Å². The van der Waals surface area contributed by atoms with Crippen LogP contribution in [-0.2, 0) is 4.79 Å². The van der Waals surface area contributed by atoms with Crippen LogP contribution in [0.25, 0.3) is 10.8 Å². The number of methoxy groups -OCH3 is 1. The standard InChI is InChI=1S/C22H16N2O4S/c1-27-18-7-5-15-10-14(2-4-16(15)11-18)3-6-17-8-9-20(28-17)19-12-21(24-23-19)29-13-22(25)26/h2,4-5,7-11H,12-13H2,1H3,(H,25,26). The highest BCUT2D eigenvalue weighted by Crippen LogP contribution is 2.22. The van der Waals surface area contributed by atoms with E-state index in [2.05, 4.69) is 22.0 Å². The molecule has 1 aliphatic rings. The van der Waals surface area contributed by atoms with Crippen molar-refractivity contribution in [1.29, 1.82) is 0 Å². The highest BCUT2D eigenvalue weighted by Gasteiger charge is 2.18. The lowest BCUT2D eigenvalue weighted by Crippen LogP contribution is -2.04. The summed E-state index contributed by atoms with van der Waals surface area (Å²) in [5.41, 5.74) is 1.56. The Morgan fingerprint density at radius 2 is 1.97 bits per heavy atom. The fourth-order valence-corrected chi connectivity index (χ4v) is 3.44. The van der Waals surface area contributed by atoms with E-state index in [1.807, 2.05) is 36.4 Å². The molecule has 1 N–H and O–H groups in total. The number of aliphatic carboxylic acids is 1. The summed E-state index contributed by atoms with van der Waals surface area (Å²) in [7, 11) is 1.65. The van der Waals surface area contributed by atoms with Crippen LogP contribution in [0.15, 0.2) is 63.2 Å². The van der Waals surface area contributed by atoms with Crippen LogP contribution >= 0.6 is 11.8 Å². The average Bonchev–Trinajstić information content (AvgIpc) is 3.39. The van der Waals surface area contributed by atoms with Gasteiger partial charge in [-0.2, -0.15) is 5.10 Å². The molecule has 6 nitrogen and oxygen atoms in total. The maximum atomic E-state index is 10.6. The van der Waals surface area contributed by atoms with Gasteiger partial charge in [-0.15, -0.1) is 5.10 Å². The van der Waals surface area contributed by atoms with E-state index in [1.54, 1.807) is 19.2 Å². The summed E-state index contributed by atoms with van der Waals surface area (Å²) >= 11 is 1.17. The van der Waals surface area contributed by atoms with Gasteiger partial charge in [0.2, 0.25) is 0 Å². The molecular weight excluding hydrogens is 388 g/mol. The summed E-state index contributed by atoms with van der Waals surface area (Å²) in [5, 5.41) is 19.7. The van der Waals surface area contributed by atoms with Gasteiger partial charge in [-0.1, -0.05) is 29.8 Å². The van der Waals surface area contributed by atoms with Gasteiger partial charge in [0.1, 0.15) is 16.5 Å². The third-order valence-electron chi connectivity index (χ3n) is 4.23. The van der Waals surface area contributed by atoms with Gasteiger partial charge in [0.15, 0.2) is 11.5 Å². The predicted molar refractivity (Wildman–Crippen MR) is 114 cm³/mol. The minimum Gasteiger partial charge on any atom is -0.497 e. The zero-order valence-corrected chi connectivity index (χ0v) is 16.3. The molecule has 144 valence electrons. The number of ether oxygens (including phenoxy) is 1. The summed E-state index contributed by atoms with van der Waals surface area (Å²) in [4.78, 5) is 10.6. The fourth-order valence-electron chi connectivity index (χ4n) is 2.81. The molecule has 0 atom stereocenters. The normalized spacial score (nSPS) is 12.9. The van der Waals surface area contributed by atoms with E-state index >= 15 is 0 Å². The first-order valence-electron chi connectivity index (χ1n) is 8.79. The molecule has 1 aromatic heterocycles. The maximum Gasteiger partial charge on any atom is 0.313 e. The Morgan fingerprint density at radius 3 is 2.79 bits per heavy atom. The molecule has 29 heavy (non-hydrogen) atoms. The van der Waals surface area contributed by atoms with Crippen molar-refractivity contribution >= 4 is 39.3 Å². The first kappa shape index (κ1) is 18.8. The summed E-state index contributed by atoms with van der Waals surface area (Å²) in [6, 6.07) is 15.5. The SMILES string of the molecule is COc1ccc2cc(C#Cc3ccc(C4=NN=C(SCC(=O)O)C4)o3)ccc2c1. The van der Waals surface area contributed by atoms with Crippen molar-refractivity contribution in [3.63, 3.8) is 0 Å². The highest BCUT2D eigenvalue weighted by molar-refractivity contribution is 8.14. The fraction of sp³-hybridized carbons (Fsp3) is 0.136. The Balaban J connectivity index is 1.45. The van der Waals surface area contributed by atoms with Gasteiger partial charge >= 0.3 is 5.97 Å². The van der Waals surface area contributed by atoms with Crippen LogP contribution in [0.2, 0.25) is 0 Å². The highest BCUT2D eigenvalue weighted by atomic mass is 32.2. The van der Waals surface area contributed by atoms with Gasteiger partial charge in [-0.05, 0) is 53.1 Å². The second kappa shape index (κ2) is 8.25. The zero-order valence-electron chi connectivity index (χ0n) is 15.5. The van der Waals surface area contributed by atoms with E-state index in [9.17, 15) is 4.79 Å². The largest absolute Gasteiger partial charge is 0.497 e. The number of hydrogen-bond acceptors (Lipinski definition) is 6. The molecule has 0 aliphatic carbocycles. The second-order valence-electron chi connectivity index (χ2n) is 6.24. The van der Waals surface area contributed by atoms with Crippen LogP contribution in [0.5, 0.6) is 5.75 Å². The lowest BCUT2D eigenvalue weighted by atomic mass is 10.1. The number of thioether (sulfide) groups is 1. The number of carboxylic acids is 1. The Bertz CT molecular complexity index is 1210. The molecule has 2 aromatic carbocycles. The maximum absolute atomic E-state index is 10.6. The second-order valence-corrected chi connectivity index (χ2v) is 7.29. The first-order chi connectivity index (χ1) is 14.1. The minimum atomic E-state index is -0.880. The number of furan rings is 1. The van der Waals surface area contributed by atoms with Crippen LogP contribution in [0.1, 0.15) is 23.5 Å². The quantitative estimate of drug-likeness (QED) is 0.660. The van der Waals surface area contributed by atoms with Crippen molar-refractivity contribution in [1.82, 2.24) is 0 Å². The summed E-state index contributed by atoms with van der Waals surface area (Å²) in [5.74, 6) is 7.17. The van der Waals surface area contributed by atoms with Crippen molar-refractivity contribution in [2.45, 2.75) is 6.42 Å². The molecule has 3 aromatic rings. The average molecular weight is 404 g/mol. The molecule has 0 saturated carbocycles. The topological polar surface area (TPSA) is 84.4 Å². The van der Waals surface area contributed by atoms with E-state index in [1.165, 1.54) is 11.8 Å². The van der Waals surface area contributed by atoms with E-state index in [4.69, 9.17) is 14.3 Å². The summed E-state index contributed by atoms with van der Waals surface area (Å²) < 4.78 is 11.0. The zero-order chi connectivity index (χ0) is 20.2. The van der Waals surface area contributed by atoms with Crippen LogP contribution in [-0.4, -0.2) is 34.7 Å². The monoisotopic (exact) mass is 404 g/mol. The van der Waals surface area contributed by atoms with Crippen molar-refractivity contribution < 1.29 is 19.1 Å². The van der Waals surface area contributed by atoms with Crippen LogP contribution < -0.4 is 4.74 Å². The van der Waals surface area contributed by atoms with E-state index in [0.29, 0.717) is 28.7 Å². The summed E-state index contributed by atoms with van der Waals surface area (Å²) in [6.45, 7) is 0. The molecule has 1 aliphatic heterocycles. The molecule has 4 rings (SSSR count). The van der Waals surface area contributed by atoms with Gasteiger partial charge in [0.05, 0.1) is 12.9 Å². The number of fused-ring (bicyclic) bond motifs is 1. The molecule has 0 saturated heterocycles. The predicted octanol–water partition coefficient (Wildman–Crippen LogP) is 4.17. The number of carboxylic acid groups (broad SMARTS) is 1. The van der Waals surface area contributed by atoms with Crippen LogP contribution in [0.4, 0.5) is 0 Å². The molecule has 0 unspecified atom stereocenters. The number of nitrogens with zero attached hydrogens (tertiary/aromatic N) is 2. The third kappa shape index (κ3) is 4.50. The Kier molecular flexibility index (Phi) is 5.36. The Labute approximate surface area is 171 Å². The number of carbonyl (C=O) groups is 1. The number of rotatable bonds is 4. The first-order valence-corrected chi connectivity index (χ1v) is 9.77. The molecule has 0 fully saturated rings. The molecule has 7 heteroatoms. The third-order valence-corrected chi connectivity index (χ3v) is 5.18. The van der Waals surface area contributed by atoms with Crippen molar-refractivity contribution in [2.24, 2.45) is 10.2 Å². The van der Waals surface area contributed by atoms with Crippen LogP contribution in [0.3, 0.4) is 0 Å². The van der Waals surface area contributed by atoms with Crippen molar-refractivity contribution in [3.05, 3.63) is 65.6 Å². The van der Waals surface area contributed by atoms with Gasteiger partial charge in [-0.25, -0.2) is 0 Å². The number of hydrogen-bond donors (Lipinski definition) is 1. The Morgan fingerprint density at radius 1 is 1.14 bits per heavy atom. The van der Waals surface area contributed by atoms with Crippen molar-refractivity contribution in [3.8, 4) is 17.6 Å².